The summed E-state index contributed by atoms with van der Waals surface area (Å²) in [5, 5.41) is 3.38. The van der Waals surface area contributed by atoms with Gasteiger partial charge in [0.05, 0.1) is 31.0 Å². The Morgan fingerprint density at radius 1 is 0.944 bits per heavy atom. The molecule has 1 amide bonds. The summed E-state index contributed by atoms with van der Waals surface area (Å²) in [6.45, 7) is 1.43. The fourth-order valence-corrected chi connectivity index (χ4v) is 4.26. The van der Waals surface area contributed by atoms with Gasteiger partial charge in [-0.3, -0.25) is 19.2 Å². The number of hydrogen-bond acceptors (Lipinski definition) is 7. The third kappa shape index (κ3) is 4.02. The molecule has 180 valence electrons. The van der Waals surface area contributed by atoms with E-state index in [1.54, 1.807) is 61.7 Å². The van der Waals surface area contributed by atoms with Crippen LogP contribution in [0, 0.1) is 0 Å². The molecule has 0 saturated carbocycles. The quantitative estimate of drug-likeness (QED) is 0.358. The summed E-state index contributed by atoms with van der Waals surface area (Å²) in [6.07, 6.45) is 0.224. The Morgan fingerprint density at radius 3 is 2.42 bits per heavy atom. The first-order valence-corrected chi connectivity index (χ1v) is 11.2. The number of ketones is 2. The van der Waals surface area contributed by atoms with Crippen LogP contribution in [0.25, 0.3) is 11.0 Å². The first-order chi connectivity index (χ1) is 17.4. The van der Waals surface area contributed by atoms with Gasteiger partial charge in [0.15, 0.2) is 17.7 Å². The minimum atomic E-state index is -1.15. The molecule has 1 aromatic heterocycles. The maximum absolute atomic E-state index is 13.1. The highest BCUT2D eigenvalue weighted by atomic mass is 16.5. The monoisotopic (exact) mass is 483 g/mol. The van der Waals surface area contributed by atoms with Gasteiger partial charge in [0.1, 0.15) is 11.3 Å². The Bertz CT molecular complexity index is 1550. The van der Waals surface area contributed by atoms with E-state index in [9.17, 15) is 19.2 Å². The molecule has 1 heterocycles. The lowest BCUT2D eigenvalue weighted by Crippen LogP contribution is -2.32. The SMILES string of the molecule is COc1ccc2c(CC(=O)O[C@H](C)C(=O)Nc3cccc4c3C(=O)c3ccccc3C4=O)coc2c1. The summed E-state index contributed by atoms with van der Waals surface area (Å²) in [5.74, 6) is -1.27. The fraction of sp³-hybridized carbons (Fsp3) is 0.143. The van der Waals surface area contributed by atoms with Crippen LogP contribution in [0.1, 0.15) is 44.3 Å². The molecule has 0 aliphatic heterocycles. The minimum Gasteiger partial charge on any atom is -0.497 e. The molecule has 0 fully saturated rings. The lowest BCUT2D eigenvalue weighted by Gasteiger charge is -2.21. The molecule has 4 aromatic rings. The zero-order valence-corrected chi connectivity index (χ0v) is 19.5. The van der Waals surface area contributed by atoms with E-state index in [0.717, 1.165) is 5.39 Å². The van der Waals surface area contributed by atoms with Crippen LogP contribution >= 0.6 is 0 Å². The Hall–Kier alpha value is -4.72. The second-order valence-electron chi connectivity index (χ2n) is 8.35. The van der Waals surface area contributed by atoms with Crippen LogP contribution in [-0.2, 0) is 20.7 Å². The molecule has 8 nitrogen and oxygen atoms in total. The van der Waals surface area contributed by atoms with E-state index in [2.05, 4.69) is 5.32 Å². The molecule has 3 aromatic carbocycles. The van der Waals surface area contributed by atoms with Crippen molar-refractivity contribution in [1.29, 1.82) is 0 Å². The number of carbonyl (C=O) groups is 4. The zero-order valence-electron chi connectivity index (χ0n) is 19.5. The van der Waals surface area contributed by atoms with Crippen molar-refractivity contribution in [1.82, 2.24) is 0 Å². The molecule has 8 heteroatoms. The van der Waals surface area contributed by atoms with Gasteiger partial charge in [-0.15, -0.1) is 0 Å². The lowest BCUT2D eigenvalue weighted by atomic mass is 9.83. The van der Waals surface area contributed by atoms with Gasteiger partial charge >= 0.3 is 5.97 Å². The van der Waals surface area contributed by atoms with E-state index in [0.29, 0.717) is 22.5 Å². The second kappa shape index (κ2) is 9.14. The average Bonchev–Trinajstić information content (AvgIpc) is 3.28. The van der Waals surface area contributed by atoms with Crippen LogP contribution in [0.4, 0.5) is 5.69 Å². The molecular weight excluding hydrogens is 462 g/mol. The molecule has 1 aliphatic rings. The molecule has 0 unspecified atom stereocenters. The number of esters is 1. The van der Waals surface area contributed by atoms with E-state index in [-0.39, 0.29) is 40.4 Å². The van der Waals surface area contributed by atoms with Gasteiger partial charge in [-0.1, -0.05) is 36.4 Å². The highest BCUT2D eigenvalue weighted by Gasteiger charge is 2.32. The number of methoxy groups -OCH3 is 1. The number of amides is 1. The molecule has 0 radical (unpaired) electrons. The normalized spacial score (nSPS) is 13.1. The van der Waals surface area contributed by atoms with Gasteiger partial charge < -0.3 is 19.2 Å². The number of benzene rings is 3. The summed E-state index contributed by atoms with van der Waals surface area (Å²) in [7, 11) is 1.55. The number of hydrogen-bond donors (Lipinski definition) is 1. The third-order valence-electron chi connectivity index (χ3n) is 6.09. The van der Waals surface area contributed by atoms with Gasteiger partial charge in [0.2, 0.25) is 0 Å². The summed E-state index contributed by atoms with van der Waals surface area (Å²) in [5.41, 5.74) is 2.30. The van der Waals surface area contributed by atoms with Gasteiger partial charge in [-0.05, 0) is 25.1 Å². The minimum absolute atomic E-state index is 0.0958. The van der Waals surface area contributed by atoms with Gasteiger partial charge in [-0.2, -0.15) is 0 Å². The Balaban J connectivity index is 1.30. The van der Waals surface area contributed by atoms with Crippen LogP contribution in [0.15, 0.2) is 71.3 Å². The van der Waals surface area contributed by atoms with Crippen molar-refractivity contribution in [3.63, 3.8) is 0 Å². The first-order valence-electron chi connectivity index (χ1n) is 11.2. The molecule has 5 rings (SSSR count). The third-order valence-corrected chi connectivity index (χ3v) is 6.09. The van der Waals surface area contributed by atoms with Crippen LogP contribution in [0.2, 0.25) is 0 Å². The summed E-state index contributed by atoms with van der Waals surface area (Å²) < 4.78 is 16.0. The number of ether oxygens (including phenoxy) is 2. The molecule has 0 spiro atoms. The highest BCUT2D eigenvalue weighted by molar-refractivity contribution is 6.30. The first kappa shape index (κ1) is 23.0. The van der Waals surface area contributed by atoms with Crippen LogP contribution in [0.5, 0.6) is 5.75 Å². The Labute approximate surface area is 205 Å². The summed E-state index contributed by atoms with van der Waals surface area (Å²) in [4.78, 5) is 51.4. The van der Waals surface area contributed by atoms with E-state index in [1.807, 2.05) is 0 Å². The van der Waals surface area contributed by atoms with Crippen molar-refractivity contribution in [3.8, 4) is 5.75 Å². The largest absolute Gasteiger partial charge is 0.497 e. The maximum atomic E-state index is 13.1. The van der Waals surface area contributed by atoms with Crippen LogP contribution in [0.3, 0.4) is 0 Å². The molecular formula is C28H21NO7. The number of nitrogens with one attached hydrogen (secondary N) is 1. The van der Waals surface area contributed by atoms with Crippen molar-refractivity contribution >= 4 is 40.1 Å². The van der Waals surface area contributed by atoms with Crippen molar-refractivity contribution in [3.05, 3.63) is 94.7 Å². The molecule has 0 saturated heterocycles. The van der Waals surface area contributed by atoms with Gasteiger partial charge in [0.25, 0.3) is 5.91 Å². The molecule has 1 N–H and O–H groups in total. The number of rotatable bonds is 6. The number of anilines is 1. The van der Waals surface area contributed by atoms with E-state index < -0.39 is 18.0 Å². The highest BCUT2D eigenvalue weighted by Crippen LogP contribution is 2.32. The zero-order chi connectivity index (χ0) is 25.4. The molecule has 0 bridgehead atoms. The van der Waals surface area contributed by atoms with Gasteiger partial charge in [0, 0.05) is 33.7 Å². The number of fused-ring (bicyclic) bond motifs is 3. The molecule has 36 heavy (non-hydrogen) atoms. The fourth-order valence-electron chi connectivity index (χ4n) is 4.26. The van der Waals surface area contributed by atoms with Gasteiger partial charge in [-0.25, -0.2) is 0 Å². The van der Waals surface area contributed by atoms with Crippen LogP contribution < -0.4 is 10.1 Å². The lowest BCUT2D eigenvalue weighted by molar-refractivity contribution is -0.152. The van der Waals surface area contributed by atoms with Crippen molar-refractivity contribution in [2.75, 3.05) is 12.4 Å². The average molecular weight is 483 g/mol. The van der Waals surface area contributed by atoms with Crippen molar-refractivity contribution < 1.29 is 33.1 Å². The van der Waals surface area contributed by atoms with E-state index in [4.69, 9.17) is 13.9 Å². The van der Waals surface area contributed by atoms with E-state index in [1.165, 1.54) is 19.3 Å². The summed E-state index contributed by atoms with van der Waals surface area (Å²) >= 11 is 0. The maximum Gasteiger partial charge on any atom is 0.311 e. The summed E-state index contributed by atoms with van der Waals surface area (Å²) in [6, 6.07) is 16.5. The second-order valence-corrected chi connectivity index (χ2v) is 8.35. The predicted octanol–water partition coefficient (Wildman–Crippen LogP) is 4.33. The predicted molar refractivity (Wildman–Crippen MR) is 130 cm³/mol. The Kier molecular flexibility index (Phi) is 5.85. The van der Waals surface area contributed by atoms with E-state index >= 15 is 0 Å². The number of carbonyl (C=O) groups excluding carboxylic acids is 4. The Morgan fingerprint density at radius 2 is 1.67 bits per heavy atom. The van der Waals surface area contributed by atoms with Crippen molar-refractivity contribution in [2.45, 2.75) is 19.4 Å². The number of furan rings is 1. The molecule has 1 aliphatic carbocycles. The standard InChI is InChI=1S/C28H21NO7/c1-15(36-24(30)12-16-14-35-23-13-17(34-2)10-11-18(16)23)28(33)29-22-9-5-8-21-25(22)27(32)20-7-4-3-6-19(20)26(21)31/h3-11,13-15H,12H2,1-2H3,(H,29,33)/t15-/m1/s1. The smallest absolute Gasteiger partial charge is 0.311 e. The molecule has 1 atom stereocenters. The van der Waals surface area contributed by atoms with Crippen LogP contribution in [-0.4, -0.2) is 36.7 Å². The topological polar surface area (TPSA) is 112 Å². The van der Waals surface area contributed by atoms with Crippen molar-refractivity contribution in [2.24, 2.45) is 0 Å².